The fraction of sp³-hybridized carbons (Fsp3) is 0.417. The Balaban J connectivity index is 1.18. The van der Waals surface area contributed by atoms with E-state index in [-0.39, 0.29) is 35.9 Å². The van der Waals surface area contributed by atoms with Crippen LogP contribution in [0.4, 0.5) is 13.2 Å². The highest BCUT2D eigenvalue weighted by Crippen LogP contribution is 2.74. The number of carbonyl (C=O) groups is 1. The molecule has 4 fully saturated rings. The van der Waals surface area contributed by atoms with E-state index in [0.29, 0.717) is 12.1 Å². The second-order valence-corrected chi connectivity index (χ2v) is 9.68. The zero-order chi connectivity index (χ0) is 21.4. The van der Waals surface area contributed by atoms with E-state index in [2.05, 4.69) is 5.10 Å². The lowest BCUT2D eigenvalue weighted by Gasteiger charge is -2.70. The minimum Gasteiger partial charge on any atom is -0.332 e. The van der Waals surface area contributed by atoms with Crippen LogP contribution in [-0.4, -0.2) is 33.3 Å². The number of hydrogen-bond donors (Lipinski definition) is 0. The maximum atomic E-state index is 14.3. The van der Waals surface area contributed by atoms with Gasteiger partial charge in [0.1, 0.15) is 17.8 Å². The van der Waals surface area contributed by atoms with Crippen LogP contribution >= 0.6 is 0 Å². The van der Waals surface area contributed by atoms with Gasteiger partial charge < -0.3 is 4.90 Å². The van der Waals surface area contributed by atoms with Gasteiger partial charge in [-0.3, -0.25) is 9.48 Å². The molecule has 2 atom stereocenters. The summed E-state index contributed by atoms with van der Waals surface area (Å²) in [5.41, 5.74) is 1.14. The molecule has 1 saturated heterocycles. The van der Waals surface area contributed by atoms with Crippen molar-refractivity contribution >= 4 is 16.8 Å². The third kappa shape index (κ3) is 2.82. The largest absolute Gasteiger partial charge is 0.332 e. The van der Waals surface area contributed by atoms with Gasteiger partial charge in [0.05, 0.1) is 29.7 Å². The Bertz CT molecular complexity index is 1190. The van der Waals surface area contributed by atoms with Gasteiger partial charge in [-0.15, -0.1) is 0 Å². The summed E-state index contributed by atoms with van der Waals surface area (Å²) < 4.78 is 43.3. The SMILES string of the molecule is O=C(N1CC(F)CC1c1cccc(F)c1)C12CC(Cn3ncc4cc(F)ccc43)(C1)C2. The number of aromatic nitrogens is 2. The van der Waals surface area contributed by atoms with Crippen LogP contribution in [0.5, 0.6) is 0 Å². The second kappa shape index (κ2) is 6.34. The van der Waals surface area contributed by atoms with E-state index in [1.165, 1.54) is 24.3 Å². The molecule has 7 rings (SSSR count). The lowest BCUT2D eigenvalue weighted by Crippen LogP contribution is -2.69. The molecule has 3 aliphatic carbocycles. The number of likely N-dealkylation sites (tertiary alicyclic amines) is 1. The van der Waals surface area contributed by atoms with Crippen molar-refractivity contribution in [2.24, 2.45) is 10.8 Å². The van der Waals surface area contributed by atoms with Crippen molar-refractivity contribution in [1.29, 1.82) is 0 Å². The van der Waals surface area contributed by atoms with E-state index in [1.807, 2.05) is 4.68 Å². The molecule has 0 spiro atoms. The minimum atomic E-state index is -1.09. The van der Waals surface area contributed by atoms with Gasteiger partial charge in [-0.05, 0) is 60.6 Å². The lowest BCUT2D eigenvalue weighted by molar-refractivity contribution is -0.222. The highest BCUT2D eigenvalue weighted by molar-refractivity contribution is 5.87. The Morgan fingerprint density at radius 1 is 1.10 bits per heavy atom. The number of fused-ring (bicyclic) bond motifs is 1. The van der Waals surface area contributed by atoms with Gasteiger partial charge in [0.15, 0.2) is 0 Å². The molecule has 2 unspecified atom stereocenters. The molecule has 7 heteroatoms. The number of rotatable bonds is 4. The average Bonchev–Trinajstić information content (AvgIpc) is 3.26. The molecule has 0 radical (unpaired) electrons. The van der Waals surface area contributed by atoms with Crippen molar-refractivity contribution in [1.82, 2.24) is 14.7 Å². The first-order chi connectivity index (χ1) is 14.9. The van der Waals surface area contributed by atoms with Crippen molar-refractivity contribution in [2.75, 3.05) is 6.54 Å². The zero-order valence-electron chi connectivity index (χ0n) is 16.9. The number of hydrogen-bond acceptors (Lipinski definition) is 2. The fourth-order valence-corrected chi connectivity index (χ4v) is 6.24. The summed E-state index contributed by atoms with van der Waals surface area (Å²) in [4.78, 5) is 15.0. The zero-order valence-corrected chi connectivity index (χ0v) is 16.9. The van der Waals surface area contributed by atoms with Gasteiger partial charge in [-0.1, -0.05) is 12.1 Å². The molecule has 2 heterocycles. The van der Waals surface area contributed by atoms with E-state index in [0.717, 1.165) is 30.2 Å². The first kappa shape index (κ1) is 18.9. The third-order valence-corrected chi connectivity index (χ3v) is 7.43. The highest BCUT2D eigenvalue weighted by atomic mass is 19.1. The van der Waals surface area contributed by atoms with Crippen molar-refractivity contribution in [2.45, 2.75) is 44.4 Å². The van der Waals surface area contributed by atoms with E-state index in [4.69, 9.17) is 0 Å². The second-order valence-electron chi connectivity index (χ2n) is 9.68. The number of carbonyl (C=O) groups excluding carboxylic acids is 1. The first-order valence-electron chi connectivity index (χ1n) is 10.7. The molecule has 0 N–H and O–H groups in total. The number of benzene rings is 2. The molecule has 3 saturated carbocycles. The van der Waals surface area contributed by atoms with E-state index in [1.54, 1.807) is 29.3 Å². The monoisotopic (exact) mass is 425 g/mol. The molecular formula is C24H22F3N3O. The van der Waals surface area contributed by atoms with Gasteiger partial charge in [0.25, 0.3) is 0 Å². The Kier molecular flexibility index (Phi) is 3.87. The lowest BCUT2D eigenvalue weighted by atomic mass is 9.34. The summed E-state index contributed by atoms with van der Waals surface area (Å²) >= 11 is 0. The molecular weight excluding hydrogens is 403 g/mol. The summed E-state index contributed by atoms with van der Waals surface area (Å²) in [6.45, 7) is 0.764. The van der Waals surface area contributed by atoms with Crippen LogP contribution in [0.3, 0.4) is 0 Å². The number of nitrogens with zero attached hydrogens (tertiary/aromatic N) is 3. The van der Waals surface area contributed by atoms with Crippen molar-refractivity contribution in [3.63, 3.8) is 0 Å². The Morgan fingerprint density at radius 3 is 2.65 bits per heavy atom. The molecule has 2 bridgehead atoms. The summed E-state index contributed by atoms with van der Waals surface area (Å²) in [6.07, 6.45) is 3.06. The topological polar surface area (TPSA) is 38.1 Å². The van der Waals surface area contributed by atoms with Crippen LogP contribution in [0, 0.1) is 22.5 Å². The van der Waals surface area contributed by atoms with Crippen LogP contribution in [0.15, 0.2) is 48.7 Å². The summed E-state index contributed by atoms with van der Waals surface area (Å²) in [6, 6.07) is 10.4. The molecule has 4 aliphatic rings. The molecule has 2 aromatic carbocycles. The van der Waals surface area contributed by atoms with Gasteiger partial charge >= 0.3 is 0 Å². The van der Waals surface area contributed by atoms with Crippen LogP contribution in [0.1, 0.15) is 37.3 Å². The highest BCUT2D eigenvalue weighted by Gasteiger charge is 2.72. The summed E-state index contributed by atoms with van der Waals surface area (Å²) in [5, 5.41) is 5.18. The van der Waals surface area contributed by atoms with Crippen LogP contribution in [0.25, 0.3) is 10.9 Å². The van der Waals surface area contributed by atoms with E-state index >= 15 is 0 Å². The smallest absolute Gasteiger partial charge is 0.229 e. The normalized spacial score (nSPS) is 31.5. The van der Waals surface area contributed by atoms with E-state index in [9.17, 15) is 18.0 Å². The molecule has 160 valence electrons. The maximum absolute atomic E-state index is 14.3. The fourth-order valence-electron chi connectivity index (χ4n) is 6.24. The Labute approximate surface area is 177 Å². The average molecular weight is 425 g/mol. The quantitative estimate of drug-likeness (QED) is 0.603. The summed E-state index contributed by atoms with van der Waals surface area (Å²) in [5.74, 6) is -0.661. The standard InChI is InChI=1S/C24H22F3N3O/c25-17-3-1-2-15(6-17)21-8-19(27)10-29(21)22(31)24-11-23(12-24,13-24)14-30-20-5-4-18(26)7-16(20)9-28-30/h1-7,9,19,21H,8,10-14H2. The summed E-state index contributed by atoms with van der Waals surface area (Å²) in [7, 11) is 0. The molecule has 1 amide bonds. The molecule has 31 heavy (non-hydrogen) atoms. The maximum Gasteiger partial charge on any atom is 0.229 e. The molecule has 4 nitrogen and oxygen atoms in total. The predicted molar refractivity (Wildman–Crippen MR) is 109 cm³/mol. The van der Waals surface area contributed by atoms with Crippen LogP contribution < -0.4 is 0 Å². The van der Waals surface area contributed by atoms with Crippen LogP contribution in [0.2, 0.25) is 0 Å². The van der Waals surface area contributed by atoms with Crippen LogP contribution in [-0.2, 0) is 11.3 Å². The number of alkyl halides is 1. The third-order valence-electron chi connectivity index (χ3n) is 7.43. The molecule has 3 aromatic rings. The minimum absolute atomic E-state index is 0.00354. The Hall–Kier alpha value is -2.83. The predicted octanol–water partition coefficient (Wildman–Crippen LogP) is 4.80. The molecule has 1 aliphatic heterocycles. The molecule has 1 aromatic heterocycles. The van der Waals surface area contributed by atoms with E-state index < -0.39 is 17.6 Å². The van der Waals surface area contributed by atoms with Crippen molar-refractivity contribution in [3.8, 4) is 0 Å². The van der Waals surface area contributed by atoms with Gasteiger partial charge in [0, 0.05) is 18.4 Å². The van der Waals surface area contributed by atoms with Gasteiger partial charge in [0.2, 0.25) is 5.91 Å². The Morgan fingerprint density at radius 2 is 1.87 bits per heavy atom. The number of halogens is 3. The van der Waals surface area contributed by atoms with Crippen molar-refractivity contribution in [3.05, 3.63) is 65.9 Å². The van der Waals surface area contributed by atoms with Gasteiger partial charge in [-0.25, -0.2) is 13.2 Å². The first-order valence-corrected chi connectivity index (χ1v) is 10.7. The van der Waals surface area contributed by atoms with Gasteiger partial charge in [-0.2, -0.15) is 5.10 Å². The van der Waals surface area contributed by atoms with Crippen molar-refractivity contribution < 1.29 is 18.0 Å². The number of amides is 1.